The van der Waals surface area contributed by atoms with Gasteiger partial charge in [0, 0.05) is 12.5 Å². The fourth-order valence-electron chi connectivity index (χ4n) is 2.55. The van der Waals surface area contributed by atoms with Crippen molar-refractivity contribution in [1.82, 2.24) is 4.90 Å². The molecule has 0 saturated heterocycles. The van der Waals surface area contributed by atoms with Gasteiger partial charge in [0.15, 0.2) is 0 Å². The maximum absolute atomic E-state index is 12.2. The number of carbonyl (C=O) groups is 2. The molecule has 2 aromatic carbocycles. The molecule has 0 saturated carbocycles. The monoisotopic (exact) mass is 281 g/mol. The van der Waals surface area contributed by atoms with Gasteiger partial charge < -0.3 is 0 Å². The number of carbonyl (C=O) groups excluding carboxylic acids is 2. The molecule has 0 aliphatic carbocycles. The first kappa shape index (κ1) is 15.0. The summed E-state index contributed by atoms with van der Waals surface area (Å²) < 4.78 is 0. The lowest BCUT2D eigenvalue weighted by Crippen LogP contribution is -2.37. The molecule has 0 aliphatic rings. The molecule has 0 N–H and O–H groups in total. The van der Waals surface area contributed by atoms with Crippen LogP contribution in [-0.2, 0) is 9.59 Å². The Hall–Kier alpha value is -2.42. The van der Waals surface area contributed by atoms with Crippen LogP contribution >= 0.6 is 0 Å². The molecule has 0 aromatic heterocycles. The minimum Gasteiger partial charge on any atom is -0.275 e. The fraction of sp³-hybridized carbons (Fsp3) is 0.222. The Morgan fingerprint density at radius 2 is 1.67 bits per heavy atom. The number of hydrogen-bond donors (Lipinski definition) is 0. The van der Waals surface area contributed by atoms with E-state index >= 15 is 0 Å². The summed E-state index contributed by atoms with van der Waals surface area (Å²) in [7, 11) is 0. The SMILES string of the molecule is C=C(C)C(=O)N(C(C)=O)C(C)c1cccc2ccccc12. The number of rotatable bonds is 3. The van der Waals surface area contributed by atoms with Gasteiger partial charge in [0.25, 0.3) is 5.91 Å². The van der Waals surface area contributed by atoms with Gasteiger partial charge in [-0.15, -0.1) is 0 Å². The molecule has 2 rings (SSSR count). The number of hydrogen-bond acceptors (Lipinski definition) is 2. The summed E-state index contributed by atoms with van der Waals surface area (Å²) in [4.78, 5) is 25.4. The molecule has 1 unspecified atom stereocenters. The molecule has 0 radical (unpaired) electrons. The van der Waals surface area contributed by atoms with Crippen molar-refractivity contribution in [2.45, 2.75) is 26.8 Å². The predicted molar refractivity (Wildman–Crippen MR) is 84.7 cm³/mol. The van der Waals surface area contributed by atoms with Crippen molar-refractivity contribution in [3.63, 3.8) is 0 Å². The van der Waals surface area contributed by atoms with Gasteiger partial charge in [0.05, 0.1) is 6.04 Å². The van der Waals surface area contributed by atoms with E-state index in [0.717, 1.165) is 16.3 Å². The molecule has 3 heteroatoms. The maximum atomic E-state index is 12.2. The summed E-state index contributed by atoms with van der Waals surface area (Å²) in [5.74, 6) is -0.605. The average molecular weight is 281 g/mol. The van der Waals surface area contributed by atoms with Crippen LogP contribution in [0.2, 0.25) is 0 Å². The fourth-order valence-corrected chi connectivity index (χ4v) is 2.55. The molecule has 108 valence electrons. The third-order valence-corrected chi connectivity index (χ3v) is 3.58. The Kier molecular flexibility index (Phi) is 4.22. The van der Waals surface area contributed by atoms with Gasteiger partial charge >= 0.3 is 0 Å². The summed E-state index contributed by atoms with van der Waals surface area (Å²) in [6.45, 7) is 8.54. The second-order valence-electron chi connectivity index (χ2n) is 5.22. The van der Waals surface area contributed by atoms with E-state index in [1.807, 2.05) is 49.4 Å². The van der Waals surface area contributed by atoms with Crippen LogP contribution in [0.4, 0.5) is 0 Å². The summed E-state index contributed by atoms with van der Waals surface area (Å²) in [5.41, 5.74) is 1.31. The van der Waals surface area contributed by atoms with Crippen molar-refractivity contribution >= 4 is 22.6 Å². The van der Waals surface area contributed by atoms with Crippen molar-refractivity contribution in [3.8, 4) is 0 Å². The van der Waals surface area contributed by atoms with Gasteiger partial charge in [-0.25, -0.2) is 0 Å². The van der Waals surface area contributed by atoms with Gasteiger partial charge in [0.2, 0.25) is 5.91 Å². The molecule has 0 spiro atoms. The molecular formula is C18H19NO2. The van der Waals surface area contributed by atoms with Crippen molar-refractivity contribution in [2.24, 2.45) is 0 Å². The smallest absolute Gasteiger partial charge is 0.256 e. The maximum Gasteiger partial charge on any atom is 0.256 e. The van der Waals surface area contributed by atoms with Crippen LogP contribution in [0.15, 0.2) is 54.6 Å². The predicted octanol–water partition coefficient (Wildman–Crippen LogP) is 3.85. The lowest BCUT2D eigenvalue weighted by molar-refractivity contribution is -0.143. The molecule has 21 heavy (non-hydrogen) atoms. The molecule has 3 nitrogen and oxygen atoms in total. The number of nitrogens with zero attached hydrogens (tertiary/aromatic N) is 1. The van der Waals surface area contributed by atoms with E-state index < -0.39 is 0 Å². The third-order valence-electron chi connectivity index (χ3n) is 3.58. The highest BCUT2D eigenvalue weighted by atomic mass is 16.2. The zero-order chi connectivity index (χ0) is 15.6. The van der Waals surface area contributed by atoms with E-state index in [4.69, 9.17) is 0 Å². The van der Waals surface area contributed by atoms with Gasteiger partial charge in [-0.3, -0.25) is 14.5 Å². The van der Waals surface area contributed by atoms with Crippen LogP contribution < -0.4 is 0 Å². The molecule has 1 atom stereocenters. The zero-order valence-corrected chi connectivity index (χ0v) is 12.6. The van der Waals surface area contributed by atoms with Crippen LogP contribution in [0.25, 0.3) is 10.8 Å². The standard InChI is InChI=1S/C18H19NO2/c1-12(2)18(21)19(14(4)20)13(3)16-11-7-9-15-8-5-6-10-17(15)16/h5-11,13H,1H2,2-4H3. The van der Waals surface area contributed by atoms with Gasteiger partial charge in [0.1, 0.15) is 0 Å². The number of benzene rings is 2. The first-order valence-corrected chi connectivity index (χ1v) is 6.90. The summed E-state index contributed by atoms with van der Waals surface area (Å²) in [5, 5.41) is 2.14. The Bertz CT molecular complexity index is 713. The highest BCUT2D eigenvalue weighted by Crippen LogP contribution is 2.29. The van der Waals surface area contributed by atoms with E-state index in [2.05, 4.69) is 6.58 Å². The molecular weight excluding hydrogens is 262 g/mol. The molecule has 0 fully saturated rings. The lowest BCUT2D eigenvalue weighted by atomic mass is 9.98. The van der Waals surface area contributed by atoms with Crippen LogP contribution in [0.1, 0.15) is 32.4 Å². The molecule has 2 amide bonds. The van der Waals surface area contributed by atoms with Crippen LogP contribution in [0, 0.1) is 0 Å². The Morgan fingerprint density at radius 3 is 2.29 bits per heavy atom. The van der Waals surface area contributed by atoms with Crippen molar-refractivity contribution in [1.29, 1.82) is 0 Å². The lowest BCUT2D eigenvalue weighted by Gasteiger charge is -2.27. The first-order valence-electron chi connectivity index (χ1n) is 6.90. The van der Waals surface area contributed by atoms with Gasteiger partial charge in [-0.05, 0) is 30.2 Å². The summed E-state index contributed by atoms with van der Waals surface area (Å²) in [6.07, 6.45) is 0. The normalized spacial score (nSPS) is 12.0. The average Bonchev–Trinajstić information content (AvgIpc) is 2.46. The second kappa shape index (κ2) is 5.92. The number of imide groups is 1. The van der Waals surface area contributed by atoms with E-state index in [9.17, 15) is 9.59 Å². The largest absolute Gasteiger partial charge is 0.275 e. The Labute approximate surface area is 124 Å². The van der Waals surface area contributed by atoms with Crippen molar-refractivity contribution in [2.75, 3.05) is 0 Å². The third kappa shape index (κ3) is 2.87. The molecule has 2 aromatic rings. The number of amides is 2. The zero-order valence-electron chi connectivity index (χ0n) is 12.6. The second-order valence-corrected chi connectivity index (χ2v) is 5.22. The topological polar surface area (TPSA) is 37.4 Å². The van der Waals surface area contributed by atoms with Crippen LogP contribution in [-0.4, -0.2) is 16.7 Å². The quantitative estimate of drug-likeness (QED) is 0.801. The van der Waals surface area contributed by atoms with E-state index in [1.165, 1.54) is 11.8 Å². The van der Waals surface area contributed by atoms with E-state index in [1.54, 1.807) is 6.92 Å². The molecule has 0 heterocycles. The van der Waals surface area contributed by atoms with Crippen LogP contribution in [0.3, 0.4) is 0 Å². The highest BCUT2D eigenvalue weighted by molar-refractivity contribution is 6.03. The van der Waals surface area contributed by atoms with Crippen LogP contribution in [0.5, 0.6) is 0 Å². The minimum absolute atomic E-state index is 0.275. The van der Waals surface area contributed by atoms with E-state index in [-0.39, 0.29) is 17.9 Å². The summed E-state index contributed by atoms with van der Waals surface area (Å²) in [6, 6.07) is 13.5. The molecule has 0 bridgehead atoms. The van der Waals surface area contributed by atoms with Crippen molar-refractivity contribution in [3.05, 3.63) is 60.2 Å². The highest BCUT2D eigenvalue weighted by Gasteiger charge is 2.26. The van der Waals surface area contributed by atoms with Gasteiger partial charge in [-0.1, -0.05) is 49.0 Å². The summed E-state index contributed by atoms with van der Waals surface area (Å²) >= 11 is 0. The Balaban J connectivity index is 2.54. The molecule has 0 aliphatic heterocycles. The van der Waals surface area contributed by atoms with Gasteiger partial charge in [-0.2, -0.15) is 0 Å². The minimum atomic E-state index is -0.335. The number of fused-ring (bicyclic) bond motifs is 1. The first-order chi connectivity index (χ1) is 9.93. The van der Waals surface area contributed by atoms with E-state index in [0.29, 0.717) is 5.57 Å². The Morgan fingerprint density at radius 1 is 1.05 bits per heavy atom. The van der Waals surface area contributed by atoms with Crippen molar-refractivity contribution < 1.29 is 9.59 Å².